The van der Waals surface area contributed by atoms with Gasteiger partial charge in [-0.25, -0.2) is 0 Å². The Morgan fingerprint density at radius 2 is 1.80 bits per heavy atom. The van der Waals surface area contributed by atoms with Gasteiger partial charge < -0.3 is 20.0 Å². The van der Waals surface area contributed by atoms with Crippen molar-refractivity contribution in [3.05, 3.63) is 70.9 Å². The Balaban J connectivity index is 1.36. The fraction of sp³-hybridized carbons (Fsp3) is 0.419. The van der Waals surface area contributed by atoms with E-state index in [1.54, 1.807) is 46.8 Å². The van der Waals surface area contributed by atoms with Crippen LogP contribution in [0.3, 0.4) is 0 Å². The summed E-state index contributed by atoms with van der Waals surface area (Å²) in [4.78, 5) is 45.7. The fourth-order valence-corrected chi connectivity index (χ4v) is 5.78. The lowest BCUT2D eigenvalue weighted by Crippen LogP contribution is -2.45. The highest BCUT2D eigenvalue weighted by Crippen LogP contribution is 2.33. The molecule has 0 spiro atoms. The monoisotopic (exact) mass is 542 g/mol. The molecule has 3 amide bonds. The Labute approximate surface area is 235 Å². The van der Waals surface area contributed by atoms with Crippen LogP contribution < -0.4 is 10.2 Å². The van der Waals surface area contributed by atoms with Crippen LogP contribution in [0.2, 0.25) is 0 Å². The van der Waals surface area contributed by atoms with E-state index < -0.39 is 6.04 Å². The van der Waals surface area contributed by atoms with Crippen LogP contribution in [0.4, 0.5) is 5.69 Å². The Morgan fingerprint density at radius 1 is 1.05 bits per heavy atom. The number of aryl methyl sites for hydroxylation is 2. The molecule has 1 saturated heterocycles. The number of nitrogens with one attached hydrogen (secondary N) is 1. The summed E-state index contributed by atoms with van der Waals surface area (Å²) in [5, 5.41) is 7.42. The van der Waals surface area contributed by atoms with Gasteiger partial charge in [0, 0.05) is 38.3 Å². The summed E-state index contributed by atoms with van der Waals surface area (Å²) in [5.74, 6) is -0.0111. The number of hydrogen-bond donors (Lipinski definition) is 1. The molecule has 1 N–H and O–H groups in total. The molecule has 3 aromatic rings. The van der Waals surface area contributed by atoms with Gasteiger partial charge in [0.1, 0.15) is 6.04 Å². The lowest BCUT2D eigenvalue weighted by Gasteiger charge is -2.29. The Morgan fingerprint density at radius 3 is 2.50 bits per heavy atom. The minimum absolute atomic E-state index is 0.116. The molecule has 1 atom stereocenters. The van der Waals surface area contributed by atoms with Crippen molar-refractivity contribution in [1.29, 1.82) is 0 Å². The van der Waals surface area contributed by atoms with Crippen LogP contribution in [0.25, 0.3) is 11.3 Å². The average molecular weight is 543 g/mol. The second-order valence-corrected chi connectivity index (χ2v) is 11.2. The largest absolute Gasteiger partial charge is 0.352 e. The highest BCUT2D eigenvalue weighted by atomic mass is 16.2. The third-order valence-corrected chi connectivity index (χ3v) is 8.33. The first-order chi connectivity index (χ1) is 19.1. The Bertz CT molecular complexity index is 1420. The number of anilines is 1. The third-order valence-electron chi connectivity index (χ3n) is 8.33. The predicted octanol–water partition coefficient (Wildman–Crippen LogP) is 3.47. The number of piperidine rings is 1. The van der Waals surface area contributed by atoms with Gasteiger partial charge in [0.15, 0.2) is 0 Å². The number of amides is 3. The molecule has 40 heavy (non-hydrogen) atoms. The van der Waals surface area contributed by atoms with Crippen molar-refractivity contribution >= 4 is 23.4 Å². The molecule has 2 aromatic carbocycles. The topological polar surface area (TPSA) is 90.8 Å². The first kappa shape index (κ1) is 27.6. The summed E-state index contributed by atoms with van der Waals surface area (Å²) in [7, 11) is 5.71. The Hall–Kier alpha value is -3.98. The van der Waals surface area contributed by atoms with E-state index in [1.165, 1.54) is 0 Å². The van der Waals surface area contributed by atoms with Crippen molar-refractivity contribution in [3.63, 3.8) is 0 Å². The number of carbonyl (C=O) groups is 3. The molecular weight excluding hydrogens is 504 g/mol. The zero-order valence-electron chi connectivity index (χ0n) is 24.0. The minimum atomic E-state index is -0.672. The molecule has 0 unspecified atom stereocenters. The lowest BCUT2D eigenvalue weighted by molar-refractivity contribution is -0.122. The van der Waals surface area contributed by atoms with Gasteiger partial charge in [0.2, 0.25) is 5.91 Å². The van der Waals surface area contributed by atoms with Crippen LogP contribution >= 0.6 is 0 Å². The van der Waals surface area contributed by atoms with Gasteiger partial charge in [-0.05, 0) is 88.1 Å². The number of nitrogens with zero attached hydrogens (tertiary/aromatic N) is 5. The molecule has 3 heterocycles. The van der Waals surface area contributed by atoms with Gasteiger partial charge in [-0.15, -0.1) is 0 Å². The Kier molecular flexibility index (Phi) is 7.76. The minimum Gasteiger partial charge on any atom is -0.352 e. The van der Waals surface area contributed by atoms with Gasteiger partial charge in [0.05, 0.1) is 23.1 Å². The van der Waals surface area contributed by atoms with E-state index in [4.69, 9.17) is 0 Å². The fourth-order valence-electron chi connectivity index (χ4n) is 5.78. The van der Waals surface area contributed by atoms with Crippen molar-refractivity contribution < 1.29 is 14.4 Å². The molecule has 0 bridgehead atoms. The van der Waals surface area contributed by atoms with Gasteiger partial charge in [-0.2, -0.15) is 5.10 Å². The zero-order chi connectivity index (χ0) is 28.6. The van der Waals surface area contributed by atoms with E-state index in [0.29, 0.717) is 29.3 Å². The molecule has 2 aliphatic heterocycles. The zero-order valence-corrected chi connectivity index (χ0v) is 24.0. The highest BCUT2D eigenvalue weighted by molar-refractivity contribution is 6.11. The van der Waals surface area contributed by atoms with E-state index in [0.717, 1.165) is 48.3 Å². The number of likely N-dealkylation sites (N-methyl/N-ethyl adjacent to an activating group) is 1. The van der Waals surface area contributed by atoms with Crippen LogP contribution in [0, 0.1) is 12.8 Å². The summed E-state index contributed by atoms with van der Waals surface area (Å²) in [6.45, 7) is 6.74. The number of benzene rings is 2. The summed E-state index contributed by atoms with van der Waals surface area (Å²) < 4.78 is 1.79. The molecule has 1 fully saturated rings. The van der Waals surface area contributed by atoms with Crippen LogP contribution in [0.15, 0.2) is 48.7 Å². The van der Waals surface area contributed by atoms with Crippen molar-refractivity contribution in [2.24, 2.45) is 13.0 Å². The molecule has 9 heteroatoms. The molecule has 1 aromatic heterocycles. The normalized spacial score (nSPS) is 18.6. The number of carbonyl (C=O) groups excluding carboxylic acids is 3. The third kappa shape index (κ3) is 5.38. The van der Waals surface area contributed by atoms with E-state index in [9.17, 15) is 14.4 Å². The van der Waals surface area contributed by atoms with Crippen molar-refractivity contribution in [3.8, 4) is 11.3 Å². The number of likely N-dealkylation sites (tertiary alicyclic amines) is 1. The summed E-state index contributed by atoms with van der Waals surface area (Å²) in [6.07, 6.45) is 3.96. The lowest BCUT2D eigenvalue weighted by atomic mass is 9.97. The van der Waals surface area contributed by atoms with E-state index >= 15 is 0 Å². The quantitative estimate of drug-likeness (QED) is 0.515. The van der Waals surface area contributed by atoms with Gasteiger partial charge in [-0.1, -0.05) is 18.2 Å². The first-order valence-electron chi connectivity index (χ1n) is 13.9. The van der Waals surface area contributed by atoms with Crippen LogP contribution in [-0.4, -0.2) is 77.1 Å². The number of aromatic nitrogens is 2. The maximum atomic E-state index is 13.8. The molecule has 0 radical (unpaired) electrons. The highest BCUT2D eigenvalue weighted by Gasteiger charge is 2.36. The van der Waals surface area contributed by atoms with Crippen LogP contribution in [0.5, 0.6) is 0 Å². The first-order valence-corrected chi connectivity index (χ1v) is 13.9. The maximum Gasteiger partial charge on any atom is 0.256 e. The molecule has 2 aliphatic rings. The number of fused-ring (bicyclic) bond motifs is 1. The predicted molar refractivity (Wildman–Crippen MR) is 155 cm³/mol. The van der Waals surface area contributed by atoms with Gasteiger partial charge in [-0.3, -0.25) is 19.1 Å². The maximum absolute atomic E-state index is 13.8. The number of rotatable bonds is 6. The molecule has 0 saturated carbocycles. The average Bonchev–Trinajstić information content (AvgIpc) is 3.28. The van der Waals surface area contributed by atoms with Crippen molar-refractivity contribution in [1.82, 2.24) is 24.9 Å². The molecular formula is C31H38N6O3. The van der Waals surface area contributed by atoms with Crippen molar-refractivity contribution in [2.45, 2.75) is 39.3 Å². The second kappa shape index (κ2) is 11.3. The number of hydrogen-bond acceptors (Lipinski definition) is 5. The molecule has 5 rings (SSSR count). The molecule has 210 valence electrons. The van der Waals surface area contributed by atoms with Crippen LogP contribution in [-0.2, 0) is 18.4 Å². The summed E-state index contributed by atoms with van der Waals surface area (Å²) in [6, 6.07) is 12.2. The summed E-state index contributed by atoms with van der Waals surface area (Å²) in [5.41, 5.74) is 5.25. The molecule has 9 nitrogen and oxygen atoms in total. The van der Waals surface area contributed by atoms with E-state index in [2.05, 4.69) is 22.4 Å². The SMILES string of the molecule is Cc1cnn(C)c1-c1ccc2c(c1)N(C)C(=O)[C@@H](C)N(Cc1cccc(C(=O)NCC3CCN(C)CC3)c1)C2=O. The van der Waals surface area contributed by atoms with Gasteiger partial charge >= 0.3 is 0 Å². The smallest absolute Gasteiger partial charge is 0.256 e. The molecule has 0 aliphatic carbocycles. The van der Waals surface area contributed by atoms with E-state index in [1.807, 2.05) is 44.3 Å². The van der Waals surface area contributed by atoms with Crippen molar-refractivity contribution in [2.75, 3.05) is 38.6 Å². The van der Waals surface area contributed by atoms with E-state index in [-0.39, 0.29) is 24.3 Å². The van der Waals surface area contributed by atoms with Crippen LogP contribution in [0.1, 0.15) is 51.6 Å². The second-order valence-electron chi connectivity index (χ2n) is 11.2. The standard InChI is InChI=1S/C31H38N6O3/c1-20-17-33-36(5)28(20)24-9-10-26-27(16-24)35(4)30(39)21(2)37(31(26)40)19-23-7-6-8-25(15-23)29(38)32-18-22-11-13-34(3)14-12-22/h6-10,15-17,21-22H,11-14,18-19H2,1-5H3,(H,32,38)/t21-/m1/s1. The summed E-state index contributed by atoms with van der Waals surface area (Å²) >= 11 is 0. The van der Waals surface area contributed by atoms with Gasteiger partial charge in [0.25, 0.3) is 11.8 Å².